The molecule has 4 aromatic rings. The largest absolute Gasteiger partial charge is 0.321 e. The number of aromatic nitrogens is 6. The van der Waals surface area contributed by atoms with Crippen LogP contribution in [-0.4, -0.2) is 35.2 Å². The van der Waals surface area contributed by atoms with Gasteiger partial charge < -0.3 is 14.5 Å². The van der Waals surface area contributed by atoms with E-state index in [0.717, 1.165) is 29.9 Å². The van der Waals surface area contributed by atoms with Gasteiger partial charge in [-0.3, -0.25) is 9.78 Å². The highest BCUT2D eigenvalue weighted by molar-refractivity contribution is 6.29. The number of anilines is 1. The van der Waals surface area contributed by atoms with Crippen LogP contribution in [0.25, 0.3) is 17.1 Å². The van der Waals surface area contributed by atoms with E-state index >= 15 is 0 Å². The topological polar surface area (TPSA) is 90.5 Å². The third-order valence-electron chi connectivity index (χ3n) is 4.72. The number of halogens is 1. The Balaban J connectivity index is 1.38. The first kappa shape index (κ1) is 17.6. The van der Waals surface area contributed by atoms with Crippen molar-refractivity contribution in [2.24, 2.45) is 0 Å². The van der Waals surface area contributed by atoms with Gasteiger partial charge in [0.05, 0.1) is 5.69 Å². The molecule has 1 aliphatic rings. The predicted molar refractivity (Wildman–Crippen MR) is 108 cm³/mol. The molecule has 144 valence electrons. The molecule has 3 heterocycles. The van der Waals surface area contributed by atoms with Crippen LogP contribution in [0, 0.1) is 0 Å². The second kappa shape index (κ2) is 7.14. The van der Waals surface area contributed by atoms with Gasteiger partial charge in [-0.2, -0.15) is 0 Å². The number of benzene rings is 1. The molecule has 0 atom stereocenters. The van der Waals surface area contributed by atoms with Gasteiger partial charge in [-0.1, -0.05) is 23.7 Å². The number of nitrogens with zero attached hydrogens (tertiary/aromatic N) is 6. The van der Waals surface area contributed by atoms with Crippen LogP contribution >= 0.6 is 11.6 Å². The monoisotopic (exact) mass is 405 g/mol. The minimum absolute atomic E-state index is 0.291. The van der Waals surface area contributed by atoms with Gasteiger partial charge in [0.25, 0.3) is 5.91 Å². The molecule has 1 amide bonds. The molecule has 0 unspecified atom stereocenters. The van der Waals surface area contributed by atoms with Crippen molar-refractivity contribution in [3.63, 3.8) is 0 Å². The Kier molecular flexibility index (Phi) is 4.33. The van der Waals surface area contributed by atoms with Crippen LogP contribution in [0.5, 0.6) is 0 Å². The zero-order chi connectivity index (χ0) is 19.8. The summed E-state index contributed by atoms with van der Waals surface area (Å²) in [6, 6.07) is 11.5. The van der Waals surface area contributed by atoms with Gasteiger partial charge in [0.15, 0.2) is 5.82 Å². The molecule has 9 heteroatoms. The van der Waals surface area contributed by atoms with E-state index in [2.05, 4.69) is 30.0 Å². The standard InChI is InChI=1S/C20H16ClN7O/c21-18-10-27(11-23-18)16-6-7-22-17(9-16)20(29)25-14-3-1-2-13(8-14)19-26-24-12-28(19)15-4-5-15/h1-3,6-12,15H,4-5H2,(H,25,29). The van der Waals surface area contributed by atoms with Gasteiger partial charge in [0.1, 0.15) is 23.5 Å². The number of carbonyl (C=O) groups is 1. The Morgan fingerprint density at radius 1 is 1.14 bits per heavy atom. The zero-order valence-corrected chi connectivity index (χ0v) is 16.0. The van der Waals surface area contributed by atoms with E-state index in [4.69, 9.17) is 11.6 Å². The van der Waals surface area contributed by atoms with Crippen molar-refractivity contribution in [3.8, 4) is 17.1 Å². The van der Waals surface area contributed by atoms with Crippen LogP contribution in [0.4, 0.5) is 5.69 Å². The summed E-state index contributed by atoms with van der Waals surface area (Å²) in [5.74, 6) is 0.500. The lowest BCUT2D eigenvalue weighted by Crippen LogP contribution is -2.14. The van der Waals surface area contributed by atoms with Gasteiger partial charge in [0, 0.05) is 29.7 Å². The van der Waals surface area contributed by atoms with Gasteiger partial charge >= 0.3 is 0 Å². The summed E-state index contributed by atoms with van der Waals surface area (Å²) in [6.45, 7) is 0. The predicted octanol–water partition coefficient (Wildman–Crippen LogP) is 3.77. The van der Waals surface area contributed by atoms with E-state index in [9.17, 15) is 4.79 Å². The Morgan fingerprint density at radius 2 is 2.03 bits per heavy atom. The molecule has 0 aliphatic heterocycles. The first-order valence-corrected chi connectivity index (χ1v) is 9.52. The molecule has 1 N–H and O–H groups in total. The maximum atomic E-state index is 12.7. The second-order valence-corrected chi connectivity index (χ2v) is 7.22. The second-order valence-electron chi connectivity index (χ2n) is 6.83. The molecule has 29 heavy (non-hydrogen) atoms. The van der Waals surface area contributed by atoms with Crippen LogP contribution in [-0.2, 0) is 0 Å². The van der Waals surface area contributed by atoms with Crippen molar-refractivity contribution < 1.29 is 4.79 Å². The minimum atomic E-state index is -0.307. The molecule has 1 aliphatic carbocycles. The molecular formula is C20H16ClN7O. The molecule has 0 spiro atoms. The number of pyridine rings is 1. The average molecular weight is 406 g/mol. The number of imidazole rings is 1. The fourth-order valence-corrected chi connectivity index (χ4v) is 3.29. The fourth-order valence-electron chi connectivity index (χ4n) is 3.14. The van der Waals surface area contributed by atoms with E-state index in [0.29, 0.717) is 22.6 Å². The molecule has 1 aromatic carbocycles. The summed E-state index contributed by atoms with van der Waals surface area (Å²) < 4.78 is 3.81. The first-order chi connectivity index (χ1) is 14.2. The van der Waals surface area contributed by atoms with E-state index in [1.807, 2.05) is 24.3 Å². The maximum Gasteiger partial charge on any atom is 0.274 e. The third kappa shape index (κ3) is 3.62. The number of nitrogens with one attached hydrogen (secondary N) is 1. The summed E-state index contributed by atoms with van der Waals surface area (Å²) in [7, 11) is 0. The normalized spacial score (nSPS) is 13.4. The molecule has 5 rings (SSSR count). The summed E-state index contributed by atoms with van der Waals surface area (Å²) in [5, 5.41) is 11.6. The molecule has 0 saturated heterocycles. The smallest absolute Gasteiger partial charge is 0.274 e. The van der Waals surface area contributed by atoms with E-state index in [-0.39, 0.29) is 5.91 Å². The summed E-state index contributed by atoms with van der Waals surface area (Å²) >= 11 is 5.87. The molecule has 1 saturated carbocycles. The average Bonchev–Trinajstić information content (AvgIpc) is 3.29. The van der Waals surface area contributed by atoms with Gasteiger partial charge in [-0.25, -0.2) is 4.98 Å². The summed E-state index contributed by atoms with van der Waals surface area (Å²) in [5.41, 5.74) is 2.60. The van der Waals surface area contributed by atoms with E-state index in [1.165, 1.54) is 0 Å². The Bertz CT molecular complexity index is 1190. The van der Waals surface area contributed by atoms with E-state index < -0.39 is 0 Å². The Morgan fingerprint density at radius 3 is 2.83 bits per heavy atom. The lowest BCUT2D eigenvalue weighted by atomic mass is 10.2. The maximum absolute atomic E-state index is 12.7. The highest BCUT2D eigenvalue weighted by atomic mass is 35.5. The number of hydrogen-bond acceptors (Lipinski definition) is 5. The van der Waals surface area contributed by atoms with Crippen LogP contribution in [0.15, 0.2) is 61.4 Å². The van der Waals surface area contributed by atoms with Crippen molar-refractivity contribution in [3.05, 3.63) is 72.3 Å². The van der Waals surface area contributed by atoms with Crippen molar-refractivity contribution in [2.75, 3.05) is 5.32 Å². The Labute approximate surface area is 171 Å². The minimum Gasteiger partial charge on any atom is -0.321 e. The number of carbonyl (C=O) groups excluding carboxylic acids is 1. The zero-order valence-electron chi connectivity index (χ0n) is 15.2. The molecule has 0 bridgehead atoms. The lowest BCUT2D eigenvalue weighted by molar-refractivity contribution is 0.102. The quantitative estimate of drug-likeness (QED) is 0.545. The molecular weight excluding hydrogens is 390 g/mol. The summed E-state index contributed by atoms with van der Waals surface area (Å²) in [4.78, 5) is 20.9. The van der Waals surface area contributed by atoms with Crippen LogP contribution < -0.4 is 5.32 Å². The molecule has 0 radical (unpaired) electrons. The van der Waals surface area contributed by atoms with Crippen molar-refractivity contribution in [1.82, 2.24) is 29.3 Å². The van der Waals surface area contributed by atoms with Crippen molar-refractivity contribution in [1.29, 1.82) is 0 Å². The van der Waals surface area contributed by atoms with Crippen LogP contribution in [0.2, 0.25) is 5.15 Å². The number of amides is 1. The molecule has 8 nitrogen and oxygen atoms in total. The van der Waals surface area contributed by atoms with Crippen molar-refractivity contribution in [2.45, 2.75) is 18.9 Å². The van der Waals surface area contributed by atoms with Crippen molar-refractivity contribution >= 4 is 23.2 Å². The summed E-state index contributed by atoms with van der Waals surface area (Å²) in [6.07, 6.45) is 8.87. The fraction of sp³-hybridized carbons (Fsp3) is 0.150. The van der Waals surface area contributed by atoms with Gasteiger partial charge in [-0.15, -0.1) is 10.2 Å². The number of rotatable bonds is 5. The van der Waals surface area contributed by atoms with E-state index in [1.54, 1.807) is 41.7 Å². The van der Waals surface area contributed by atoms with Crippen LogP contribution in [0.1, 0.15) is 29.4 Å². The highest BCUT2D eigenvalue weighted by Crippen LogP contribution is 2.37. The van der Waals surface area contributed by atoms with Gasteiger partial charge in [0.2, 0.25) is 0 Å². The first-order valence-electron chi connectivity index (χ1n) is 9.14. The third-order valence-corrected chi connectivity index (χ3v) is 4.91. The molecule has 1 fully saturated rings. The van der Waals surface area contributed by atoms with Crippen LogP contribution in [0.3, 0.4) is 0 Å². The highest BCUT2D eigenvalue weighted by Gasteiger charge is 2.26. The number of hydrogen-bond donors (Lipinski definition) is 1. The van der Waals surface area contributed by atoms with Gasteiger partial charge in [-0.05, 0) is 37.1 Å². The molecule has 3 aromatic heterocycles. The SMILES string of the molecule is O=C(Nc1cccc(-c2nncn2C2CC2)c1)c1cc(-n2cnc(Cl)c2)ccn1. The Hall–Kier alpha value is -3.52. The lowest BCUT2D eigenvalue weighted by Gasteiger charge is -2.09.